The van der Waals surface area contributed by atoms with Crippen LogP contribution in [0, 0.1) is 17.8 Å². The van der Waals surface area contributed by atoms with Gasteiger partial charge in [0.2, 0.25) is 0 Å². The largest absolute Gasteiger partial charge is 0.247 e. The molecular weight excluding hydrogens is 151 g/mol. The first kappa shape index (κ1) is 10.0. The fraction of sp³-hybridized carbons (Fsp3) is 1.00. The average Bonchev–Trinajstić information content (AvgIpc) is 2.03. The second-order valence-electron chi connectivity index (χ2n) is 4.39. The van der Waals surface area contributed by atoms with Crippen LogP contribution in [-0.4, -0.2) is 6.17 Å². The van der Waals surface area contributed by atoms with Crippen molar-refractivity contribution < 1.29 is 4.39 Å². The van der Waals surface area contributed by atoms with E-state index in [1.165, 1.54) is 6.42 Å². The SMILES string of the molecule is CCC(C)C1C(C)CCCC1F. The zero-order valence-corrected chi connectivity index (χ0v) is 8.52. The van der Waals surface area contributed by atoms with Crippen LogP contribution >= 0.6 is 0 Å². The molecule has 4 atom stereocenters. The molecule has 0 bridgehead atoms. The van der Waals surface area contributed by atoms with Gasteiger partial charge in [0.25, 0.3) is 0 Å². The molecule has 72 valence electrons. The van der Waals surface area contributed by atoms with Crippen LogP contribution in [0.4, 0.5) is 4.39 Å². The second-order valence-corrected chi connectivity index (χ2v) is 4.39. The van der Waals surface area contributed by atoms with Gasteiger partial charge in [-0.05, 0) is 24.2 Å². The Balaban J connectivity index is 2.56. The van der Waals surface area contributed by atoms with Crippen LogP contribution in [0.25, 0.3) is 0 Å². The normalized spacial score (nSPS) is 39.5. The van der Waals surface area contributed by atoms with E-state index in [2.05, 4.69) is 20.8 Å². The molecular formula is C11H21F. The van der Waals surface area contributed by atoms with Crippen molar-refractivity contribution in [2.45, 2.75) is 52.6 Å². The summed E-state index contributed by atoms with van der Waals surface area (Å²) in [6, 6.07) is 0. The Morgan fingerprint density at radius 2 is 2.08 bits per heavy atom. The van der Waals surface area contributed by atoms with E-state index in [1.807, 2.05) is 0 Å². The lowest BCUT2D eigenvalue weighted by Crippen LogP contribution is -2.32. The van der Waals surface area contributed by atoms with E-state index in [1.54, 1.807) is 0 Å². The lowest BCUT2D eigenvalue weighted by molar-refractivity contribution is 0.0714. The van der Waals surface area contributed by atoms with Crippen molar-refractivity contribution in [1.29, 1.82) is 0 Å². The maximum atomic E-state index is 13.5. The summed E-state index contributed by atoms with van der Waals surface area (Å²) in [5.74, 6) is 1.50. The second kappa shape index (κ2) is 4.25. The average molecular weight is 172 g/mol. The Kier molecular flexibility index (Phi) is 3.54. The van der Waals surface area contributed by atoms with Crippen molar-refractivity contribution in [1.82, 2.24) is 0 Å². The van der Waals surface area contributed by atoms with Crippen molar-refractivity contribution in [3.05, 3.63) is 0 Å². The molecule has 0 aromatic rings. The van der Waals surface area contributed by atoms with Crippen LogP contribution in [0.2, 0.25) is 0 Å². The summed E-state index contributed by atoms with van der Waals surface area (Å²) in [7, 11) is 0. The topological polar surface area (TPSA) is 0 Å². The molecule has 4 unspecified atom stereocenters. The standard InChI is InChI=1S/C11H21F/c1-4-8(2)11-9(3)6-5-7-10(11)12/h8-11H,4-7H2,1-3H3. The van der Waals surface area contributed by atoms with Gasteiger partial charge >= 0.3 is 0 Å². The van der Waals surface area contributed by atoms with E-state index in [4.69, 9.17) is 0 Å². The van der Waals surface area contributed by atoms with Crippen LogP contribution in [0.3, 0.4) is 0 Å². The zero-order chi connectivity index (χ0) is 9.14. The van der Waals surface area contributed by atoms with Crippen LogP contribution in [0.5, 0.6) is 0 Å². The highest BCUT2D eigenvalue weighted by Crippen LogP contribution is 2.37. The minimum atomic E-state index is -0.524. The minimum absolute atomic E-state index is 0.337. The number of halogens is 1. The Morgan fingerprint density at radius 1 is 1.42 bits per heavy atom. The van der Waals surface area contributed by atoms with Crippen LogP contribution in [0.1, 0.15) is 46.5 Å². The van der Waals surface area contributed by atoms with Crippen molar-refractivity contribution in [2.24, 2.45) is 17.8 Å². The van der Waals surface area contributed by atoms with Gasteiger partial charge < -0.3 is 0 Å². The zero-order valence-electron chi connectivity index (χ0n) is 8.52. The first-order valence-corrected chi connectivity index (χ1v) is 5.30. The van der Waals surface area contributed by atoms with Gasteiger partial charge in [-0.1, -0.05) is 40.0 Å². The van der Waals surface area contributed by atoms with Crippen molar-refractivity contribution in [3.63, 3.8) is 0 Å². The van der Waals surface area contributed by atoms with Gasteiger partial charge in [0.15, 0.2) is 0 Å². The lowest BCUT2D eigenvalue weighted by atomic mass is 9.72. The molecule has 0 nitrogen and oxygen atoms in total. The van der Waals surface area contributed by atoms with E-state index in [0.29, 0.717) is 17.8 Å². The third-order valence-corrected chi connectivity index (χ3v) is 3.52. The molecule has 0 aliphatic heterocycles. The molecule has 1 rings (SSSR count). The number of alkyl halides is 1. The molecule has 12 heavy (non-hydrogen) atoms. The van der Waals surface area contributed by atoms with Crippen molar-refractivity contribution in [3.8, 4) is 0 Å². The fourth-order valence-electron chi connectivity index (χ4n) is 2.57. The van der Waals surface area contributed by atoms with Gasteiger partial charge in [0.05, 0.1) is 0 Å². The summed E-state index contributed by atoms with van der Waals surface area (Å²) in [5.41, 5.74) is 0. The molecule has 1 saturated carbocycles. The maximum Gasteiger partial charge on any atom is 0.103 e. The summed E-state index contributed by atoms with van der Waals surface area (Å²) in [4.78, 5) is 0. The molecule has 0 N–H and O–H groups in total. The Bertz CT molecular complexity index is 117. The molecule has 1 fully saturated rings. The lowest BCUT2D eigenvalue weighted by Gasteiger charge is -2.35. The molecule has 0 radical (unpaired) electrons. The molecule has 1 heteroatoms. The quantitative estimate of drug-likeness (QED) is 0.594. The van der Waals surface area contributed by atoms with E-state index in [-0.39, 0.29) is 0 Å². The molecule has 0 aromatic heterocycles. The summed E-state index contributed by atoms with van der Waals surface area (Å²) in [6.45, 7) is 6.57. The summed E-state index contributed by atoms with van der Waals surface area (Å²) < 4.78 is 13.5. The summed E-state index contributed by atoms with van der Waals surface area (Å²) >= 11 is 0. The maximum absolute atomic E-state index is 13.5. The van der Waals surface area contributed by atoms with Crippen molar-refractivity contribution in [2.75, 3.05) is 0 Å². The van der Waals surface area contributed by atoms with E-state index < -0.39 is 6.17 Å². The number of rotatable bonds is 2. The van der Waals surface area contributed by atoms with Gasteiger partial charge in [0, 0.05) is 0 Å². The molecule has 0 aromatic carbocycles. The Labute approximate surface area is 75.5 Å². The Hall–Kier alpha value is -0.0700. The van der Waals surface area contributed by atoms with Crippen LogP contribution in [-0.2, 0) is 0 Å². The first-order valence-electron chi connectivity index (χ1n) is 5.30. The highest BCUT2D eigenvalue weighted by molar-refractivity contribution is 4.82. The predicted octanol–water partition coefficient (Wildman–Crippen LogP) is 3.81. The number of hydrogen-bond acceptors (Lipinski definition) is 0. The van der Waals surface area contributed by atoms with E-state index >= 15 is 0 Å². The predicted molar refractivity (Wildman–Crippen MR) is 50.9 cm³/mol. The van der Waals surface area contributed by atoms with E-state index in [9.17, 15) is 4.39 Å². The van der Waals surface area contributed by atoms with Gasteiger partial charge in [-0.25, -0.2) is 4.39 Å². The molecule has 1 aliphatic carbocycles. The monoisotopic (exact) mass is 172 g/mol. The summed E-state index contributed by atoms with van der Waals surface area (Å²) in [6.07, 6.45) is 3.73. The van der Waals surface area contributed by atoms with Gasteiger partial charge in [-0.2, -0.15) is 0 Å². The fourth-order valence-corrected chi connectivity index (χ4v) is 2.57. The minimum Gasteiger partial charge on any atom is -0.247 e. The number of hydrogen-bond donors (Lipinski definition) is 0. The molecule has 0 saturated heterocycles. The highest BCUT2D eigenvalue weighted by Gasteiger charge is 2.33. The first-order chi connectivity index (χ1) is 5.66. The molecule has 0 spiro atoms. The van der Waals surface area contributed by atoms with Crippen LogP contribution in [0.15, 0.2) is 0 Å². The third kappa shape index (κ3) is 1.99. The molecule has 0 heterocycles. The Morgan fingerprint density at radius 3 is 2.58 bits per heavy atom. The third-order valence-electron chi connectivity index (χ3n) is 3.52. The summed E-state index contributed by atoms with van der Waals surface area (Å²) in [5, 5.41) is 0. The molecule has 1 aliphatic rings. The van der Waals surface area contributed by atoms with Gasteiger partial charge in [0.1, 0.15) is 6.17 Å². The molecule has 0 amide bonds. The van der Waals surface area contributed by atoms with Gasteiger partial charge in [-0.3, -0.25) is 0 Å². The smallest absolute Gasteiger partial charge is 0.103 e. The van der Waals surface area contributed by atoms with Crippen molar-refractivity contribution >= 4 is 0 Å². The van der Waals surface area contributed by atoms with Gasteiger partial charge in [-0.15, -0.1) is 0 Å². The highest BCUT2D eigenvalue weighted by atomic mass is 19.1. The van der Waals surface area contributed by atoms with E-state index in [0.717, 1.165) is 19.3 Å². The van der Waals surface area contributed by atoms with Crippen LogP contribution < -0.4 is 0 Å².